The van der Waals surface area contributed by atoms with Gasteiger partial charge in [-0.2, -0.15) is 0 Å². The van der Waals surface area contributed by atoms with Gasteiger partial charge in [-0.3, -0.25) is 14.0 Å². The first-order valence-electron chi connectivity index (χ1n) is 7.91. The highest BCUT2D eigenvalue weighted by Crippen LogP contribution is 2.27. The average molecular weight is 319 g/mol. The van der Waals surface area contributed by atoms with Crippen LogP contribution in [0, 0.1) is 12.8 Å². The molecular formula is C16H21N3O2S. The fourth-order valence-electron chi connectivity index (χ4n) is 3.14. The van der Waals surface area contributed by atoms with Crippen molar-refractivity contribution in [1.82, 2.24) is 9.38 Å². The van der Waals surface area contributed by atoms with Gasteiger partial charge in [-0.1, -0.05) is 32.1 Å². The molecule has 2 aromatic rings. The van der Waals surface area contributed by atoms with E-state index in [4.69, 9.17) is 0 Å². The molecule has 0 spiro atoms. The summed E-state index contributed by atoms with van der Waals surface area (Å²) in [6.45, 7) is 1.76. The van der Waals surface area contributed by atoms with E-state index >= 15 is 0 Å². The monoisotopic (exact) mass is 319 g/mol. The van der Waals surface area contributed by atoms with E-state index in [0.29, 0.717) is 28.7 Å². The molecule has 0 atom stereocenters. The van der Waals surface area contributed by atoms with Gasteiger partial charge in [-0.05, 0) is 19.3 Å². The SMILES string of the molecule is Cc1nc2sccn2c(=O)c1NC(=O)CCC1CCCCC1. The maximum Gasteiger partial charge on any atom is 0.282 e. The van der Waals surface area contributed by atoms with Crippen LogP contribution in [0.1, 0.15) is 50.6 Å². The summed E-state index contributed by atoms with van der Waals surface area (Å²) in [5.74, 6) is 0.585. The summed E-state index contributed by atoms with van der Waals surface area (Å²) >= 11 is 1.41. The number of hydrogen-bond acceptors (Lipinski definition) is 4. The normalized spacial score (nSPS) is 16.0. The highest BCUT2D eigenvalue weighted by atomic mass is 32.1. The zero-order chi connectivity index (χ0) is 15.5. The van der Waals surface area contributed by atoms with Gasteiger partial charge in [0.25, 0.3) is 5.56 Å². The quantitative estimate of drug-likeness (QED) is 0.940. The smallest absolute Gasteiger partial charge is 0.282 e. The molecule has 22 heavy (non-hydrogen) atoms. The predicted molar refractivity (Wildman–Crippen MR) is 88.5 cm³/mol. The molecule has 3 rings (SSSR count). The fraction of sp³-hybridized carbons (Fsp3) is 0.562. The Morgan fingerprint density at radius 1 is 1.41 bits per heavy atom. The van der Waals surface area contributed by atoms with Crippen LogP contribution in [-0.4, -0.2) is 15.3 Å². The van der Waals surface area contributed by atoms with Gasteiger partial charge in [0, 0.05) is 18.0 Å². The minimum atomic E-state index is -0.199. The number of hydrogen-bond donors (Lipinski definition) is 1. The van der Waals surface area contributed by atoms with Crippen LogP contribution in [0.5, 0.6) is 0 Å². The van der Waals surface area contributed by atoms with Crippen molar-refractivity contribution in [1.29, 1.82) is 0 Å². The van der Waals surface area contributed by atoms with E-state index in [9.17, 15) is 9.59 Å². The number of amides is 1. The van der Waals surface area contributed by atoms with Crippen LogP contribution in [0.2, 0.25) is 0 Å². The van der Waals surface area contributed by atoms with Gasteiger partial charge in [0.05, 0.1) is 5.69 Å². The molecule has 1 aliphatic carbocycles. The van der Waals surface area contributed by atoms with E-state index in [0.717, 1.165) is 6.42 Å². The molecule has 1 saturated carbocycles. The van der Waals surface area contributed by atoms with Crippen LogP contribution in [0.15, 0.2) is 16.4 Å². The van der Waals surface area contributed by atoms with Crippen LogP contribution < -0.4 is 10.9 Å². The van der Waals surface area contributed by atoms with Gasteiger partial charge in [0.2, 0.25) is 5.91 Å². The van der Waals surface area contributed by atoms with Crippen molar-refractivity contribution in [2.75, 3.05) is 5.32 Å². The van der Waals surface area contributed by atoms with Crippen LogP contribution in [0.25, 0.3) is 4.96 Å². The van der Waals surface area contributed by atoms with Gasteiger partial charge in [0.15, 0.2) is 4.96 Å². The van der Waals surface area contributed by atoms with Gasteiger partial charge >= 0.3 is 0 Å². The summed E-state index contributed by atoms with van der Waals surface area (Å²) in [7, 11) is 0. The van der Waals surface area contributed by atoms with E-state index in [1.165, 1.54) is 47.8 Å². The lowest BCUT2D eigenvalue weighted by Crippen LogP contribution is -2.24. The number of nitrogens with one attached hydrogen (secondary N) is 1. The first-order valence-corrected chi connectivity index (χ1v) is 8.79. The summed E-state index contributed by atoms with van der Waals surface area (Å²) in [6.07, 6.45) is 9.44. The van der Waals surface area contributed by atoms with Crippen molar-refractivity contribution in [3.05, 3.63) is 27.6 Å². The third-order valence-corrected chi connectivity index (χ3v) is 5.17. The predicted octanol–water partition coefficient (Wildman–Crippen LogP) is 3.36. The number of anilines is 1. The van der Waals surface area contributed by atoms with Crippen molar-refractivity contribution in [3.63, 3.8) is 0 Å². The molecule has 0 saturated heterocycles. The minimum Gasteiger partial charge on any atom is -0.320 e. The molecule has 1 amide bonds. The Labute approximate surface area is 133 Å². The second-order valence-corrected chi connectivity index (χ2v) is 6.90. The molecule has 0 radical (unpaired) electrons. The van der Waals surface area contributed by atoms with E-state index in [-0.39, 0.29) is 11.5 Å². The molecule has 1 fully saturated rings. The van der Waals surface area contributed by atoms with E-state index in [2.05, 4.69) is 10.3 Å². The maximum absolute atomic E-state index is 12.4. The van der Waals surface area contributed by atoms with Crippen LogP contribution >= 0.6 is 11.3 Å². The summed E-state index contributed by atoms with van der Waals surface area (Å²) < 4.78 is 1.48. The van der Waals surface area contributed by atoms with Gasteiger partial charge in [0.1, 0.15) is 5.69 Å². The number of rotatable bonds is 4. The van der Waals surface area contributed by atoms with Crippen molar-refractivity contribution < 1.29 is 4.79 Å². The Bertz CT molecular complexity index is 729. The lowest BCUT2D eigenvalue weighted by Gasteiger charge is -2.21. The number of fused-ring (bicyclic) bond motifs is 1. The molecule has 6 heteroatoms. The highest BCUT2D eigenvalue weighted by Gasteiger charge is 2.17. The second-order valence-electron chi connectivity index (χ2n) is 6.02. The molecule has 1 aliphatic rings. The molecule has 2 heterocycles. The summed E-state index contributed by atoms with van der Waals surface area (Å²) in [5.41, 5.74) is 0.692. The first-order chi connectivity index (χ1) is 10.6. The Kier molecular flexibility index (Phi) is 4.57. The Hall–Kier alpha value is -1.69. The number of aromatic nitrogens is 2. The zero-order valence-electron chi connectivity index (χ0n) is 12.8. The Morgan fingerprint density at radius 3 is 2.95 bits per heavy atom. The van der Waals surface area contributed by atoms with Crippen molar-refractivity contribution >= 4 is 27.9 Å². The number of aryl methyl sites for hydroxylation is 1. The molecule has 118 valence electrons. The second kappa shape index (κ2) is 6.60. The highest BCUT2D eigenvalue weighted by molar-refractivity contribution is 7.15. The standard InChI is InChI=1S/C16H21N3O2S/c1-11-14(15(21)19-9-10-22-16(19)17-11)18-13(20)8-7-12-5-3-2-4-6-12/h9-10,12H,2-8H2,1H3,(H,18,20). The van der Waals surface area contributed by atoms with Crippen molar-refractivity contribution in [2.24, 2.45) is 5.92 Å². The third kappa shape index (κ3) is 3.21. The lowest BCUT2D eigenvalue weighted by atomic mass is 9.86. The zero-order valence-corrected chi connectivity index (χ0v) is 13.6. The molecule has 0 bridgehead atoms. The van der Waals surface area contributed by atoms with Crippen LogP contribution in [-0.2, 0) is 4.79 Å². The Balaban J connectivity index is 1.67. The molecular weight excluding hydrogens is 298 g/mol. The summed E-state index contributed by atoms with van der Waals surface area (Å²) in [5, 5.41) is 4.59. The number of thiazole rings is 1. The first kappa shape index (κ1) is 15.2. The largest absolute Gasteiger partial charge is 0.320 e. The van der Waals surface area contributed by atoms with Gasteiger partial charge < -0.3 is 5.32 Å². The Morgan fingerprint density at radius 2 is 2.18 bits per heavy atom. The van der Waals surface area contributed by atoms with Crippen molar-refractivity contribution in [2.45, 2.75) is 51.9 Å². The topological polar surface area (TPSA) is 63.5 Å². The van der Waals surface area contributed by atoms with Crippen molar-refractivity contribution in [3.8, 4) is 0 Å². The van der Waals surface area contributed by atoms with E-state index in [1.807, 2.05) is 5.38 Å². The summed E-state index contributed by atoms with van der Waals surface area (Å²) in [4.78, 5) is 29.5. The molecule has 0 aliphatic heterocycles. The summed E-state index contributed by atoms with van der Waals surface area (Å²) in [6, 6.07) is 0. The molecule has 5 nitrogen and oxygen atoms in total. The third-order valence-electron chi connectivity index (χ3n) is 4.42. The maximum atomic E-state index is 12.4. The fourth-order valence-corrected chi connectivity index (χ4v) is 3.89. The number of carbonyl (C=O) groups excluding carboxylic acids is 1. The van der Waals surface area contributed by atoms with Gasteiger partial charge in [-0.25, -0.2) is 4.98 Å². The van der Waals surface area contributed by atoms with E-state index in [1.54, 1.807) is 13.1 Å². The average Bonchev–Trinajstić information content (AvgIpc) is 2.99. The van der Waals surface area contributed by atoms with Crippen LogP contribution in [0.4, 0.5) is 5.69 Å². The minimum absolute atomic E-state index is 0.0808. The van der Waals surface area contributed by atoms with Crippen LogP contribution in [0.3, 0.4) is 0 Å². The lowest BCUT2D eigenvalue weighted by molar-refractivity contribution is -0.116. The molecule has 2 aromatic heterocycles. The van der Waals surface area contributed by atoms with Gasteiger partial charge in [-0.15, -0.1) is 11.3 Å². The number of carbonyl (C=O) groups is 1. The molecule has 1 N–H and O–H groups in total. The van der Waals surface area contributed by atoms with E-state index < -0.39 is 0 Å². The number of nitrogens with zero attached hydrogens (tertiary/aromatic N) is 2. The molecule has 0 unspecified atom stereocenters. The molecule has 0 aromatic carbocycles.